The van der Waals surface area contributed by atoms with Crippen LogP contribution in [0, 0.1) is 0 Å². The Balaban J connectivity index is 1.79. The van der Waals surface area contributed by atoms with Gasteiger partial charge in [0.15, 0.2) is 5.82 Å². The van der Waals surface area contributed by atoms with Gasteiger partial charge in [-0.2, -0.15) is 5.10 Å². The predicted molar refractivity (Wildman–Crippen MR) is 109 cm³/mol. The van der Waals surface area contributed by atoms with E-state index in [4.69, 9.17) is 0 Å². The van der Waals surface area contributed by atoms with Crippen molar-refractivity contribution in [3.63, 3.8) is 0 Å². The van der Waals surface area contributed by atoms with Crippen molar-refractivity contribution in [2.24, 2.45) is 0 Å². The zero-order valence-corrected chi connectivity index (χ0v) is 16.0. The van der Waals surface area contributed by atoms with Crippen LogP contribution >= 0.6 is 0 Å². The van der Waals surface area contributed by atoms with Gasteiger partial charge in [0.25, 0.3) is 5.91 Å². The summed E-state index contributed by atoms with van der Waals surface area (Å²) in [7, 11) is 0. The van der Waals surface area contributed by atoms with Crippen LogP contribution in [0.2, 0.25) is 0 Å². The van der Waals surface area contributed by atoms with Crippen molar-refractivity contribution < 1.29 is 9.59 Å². The van der Waals surface area contributed by atoms with Crippen molar-refractivity contribution in [2.45, 2.75) is 33.1 Å². The number of carbonyl (C=O) groups excluding carboxylic acids is 2. The summed E-state index contributed by atoms with van der Waals surface area (Å²) >= 11 is 0. The zero-order valence-electron chi connectivity index (χ0n) is 16.0. The van der Waals surface area contributed by atoms with E-state index < -0.39 is 0 Å². The van der Waals surface area contributed by atoms with E-state index in [2.05, 4.69) is 20.7 Å². The minimum atomic E-state index is -0.254. The maximum absolute atomic E-state index is 12.8. The van der Waals surface area contributed by atoms with Gasteiger partial charge in [-0.05, 0) is 43.2 Å². The van der Waals surface area contributed by atoms with E-state index in [0.717, 1.165) is 12.1 Å². The molecule has 2 aromatic heterocycles. The van der Waals surface area contributed by atoms with Crippen molar-refractivity contribution in [3.05, 3.63) is 66.1 Å². The molecule has 1 aromatic carbocycles. The van der Waals surface area contributed by atoms with Crippen molar-refractivity contribution in [3.8, 4) is 5.82 Å². The Morgan fingerprint density at radius 1 is 1.04 bits per heavy atom. The number of hydrogen-bond donors (Lipinski definition) is 2. The molecular formula is C21H23N5O2. The molecule has 0 fully saturated rings. The highest BCUT2D eigenvalue weighted by Crippen LogP contribution is 2.19. The van der Waals surface area contributed by atoms with Crippen molar-refractivity contribution >= 4 is 23.2 Å². The Morgan fingerprint density at radius 2 is 1.82 bits per heavy atom. The number of nitrogens with one attached hydrogen (secondary N) is 2. The predicted octanol–water partition coefficient (Wildman–Crippen LogP) is 3.82. The van der Waals surface area contributed by atoms with Crippen molar-refractivity contribution in [1.82, 2.24) is 14.8 Å². The van der Waals surface area contributed by atoms with Gasteiger partial charge in [0.1, 0.15) is 0 Å². The van der Waals surface area contributed by atoms with Crippen LogP contribution in [-0.4, -0.2) is 26.6 Å². The molecule has 3 rings (SSSR count). The van der Waals surface area contributed by atoms with E-state index in [0.29, 0.717) is 35.6 Å². The molecule has 144 valence electrons. The standard InChI is InChI=1S/C21H23N5O2/c1-3-8-20(27)24-15-9-7-10-16(13-15)25-21(28)17-14-23-26(18(17)4-2)19-11-5-6-12-22-19/h5-7,9-14H,3-4,8H2,1-2H3,(H,24,27)(H,25,28). The molecule has 0 bridgehead atoms. The Bertz CT molecular complexity index is 966. The molecule has 0 unspecified atom stereocenters. The lowest BCUT2D eigenvalue weighted by atomic mass is 10.2. The molecule has 7 heteroatoms. The van der Waals surface area contributed by atoms with Crippen LogP contribution in [-0.2, 0) is 11.2 Å². The Labute approximate surface area is 163 Å². The van der Waals surface area contributed by atoms with Crippen LogP contribution in [0.15, 0.2) is 54.9 Å². The minimum absolute atomic E-state index is 0.0455. The Morgan fingerprint density at radius 3 is 2.50 bits per heavy atom. The van der Waals surface area contributed by atoms with Gasteiger partial charge in [-0.3, -0.25) is 9.59 Å². The third kappa shape index (κ3) is 4.43. The summed E-state index contributed by atoms with van der Waals surface area (Å²) < 4.78 is 1.68. The molecule has 3 aromatic rings. The molecule has 0 aliphatic rings. The van der Waals surface area contributed by atoms with Crippen LogP contribution in [0.1, 0.15) is 42.7 Å². The first-order chi connectivity index (χ1) is 13.6. The largest absolute Gasteiger partial charge is 0.326 e. The molecule has 0 saturated heterocycles. The first-order valence-electron chi connectivity index (χ1n) is 9.32. The second-order valence-electron chi connectivity index (χ2n) is 6.29. The fraction of sp³-hybridized carbons (Fsp3) is 0.238. The fourth-order valence-corrected chi connectivity index (χ4v) is 2.90. The molecule has 0 aliphatic heterocycles. The topological polar surface area (TPSA) is 88.9 Å². The van der Waals surface area contributed by atoms with Gasteiger partial charge >= 0.3 is 0 Å². The van der Waals surface area contributed by atoms with Gasteiger partial charge in [-0.1, -0.05) is 26.0 Å². The SMILES string of the molecule is CCCC(=O)Nc1cccc(NC(=O)c2cnn(-c3ccccn3)c2CC)c1. The van der Waals surface area contributed by atoms with Crippen LogP contribution in [0.5, 0.6) is 0 Å². The first kappa shape index (κ1) is 19.3. The second kappa shape index (κ2) is 8.94. The molecule has 0 saturated carbocycles. The number of anilines is 2. The lowest BCUT2D eigenvalue weighted by Crippen LogP contribution is -2.15. The highest BCUT2D eigenvalue weighted by Gasteiger charge is 2.18. The van der Waals surface area contributed by atoms with Gasteiger partial charge in [0, 0.05) is 24.0 Å². The van der Waals surface area contributed by atoms with Gasteiger partial charge in [-0.25, -0.2) is 9.67 Å². The average Bonchev–Trinajstić information content (AvgIpc) is 3.13. The van der Waals surface area contributed by atoms with E-state index in [-0.39, 0.29) is 11.8 Å². The molecular weight excluding hydrogens is 354 g/mol. The fourth-order valence-electron chi connectivity index (χ4n) is 2.90. The summed E-state index contributed by atoms with van der Waals surface area (Å²) in [6, 6.07) is 12.6. The summed E-state index contributed by atoms with van der Waals surface area (Å²) in [6.07, 6.45) is 5.11. The number of carbonyl (C=O) groups is 2. The number of nitrogens with zero attached hydrogens (tertiary/aromatic N) is 3. The van der Waals surface area contributed by atoms with E-state index >= 15 is 0 Å². The number of pyridine rings is 1. The van der Waals surface area contributed by atoms with E-state index in [1.807, 2.05) is 32.0 Å². The summed E-state index contributed by atoms with van der Waals surface area (Å²) in [4.78, 5) is 28.9. The lowest BCUT2D eigenvalue weighted by molar-refractivity contribution is -0.116. The maximum Gasteiger partial charge on any atom is 0.259 e. The van der Waals surface area contributed by atoms with Crippen LogP contribution in [0.3, 0.4) is 0 Å². The average molecular weight is 377 g/mol. The molecule has 0 aliphatic carbocycles. The lowest BCUT2D eigenvalue weighted by Gasteiger charge is -2.10. The summed E-state index contributed by atoms with van der Waals surface area (Å²) in [5, 5.41) is 10.0. The smallest absolute Gasteiger partial charge is 0.259 e. The van der Waals surface area contributed by atoms with E-state index in [9.17, 15) is 9.59 Å². The molecule has 0 radical (unpaired) electrons. The highest BCUT2D eigenvalue weighted by molar-refractivity contribution is 6.05. The normalized spacial score (nSPS) is 10.5. The third-order valence-electron chi connectivity index (χ3n) is 4.20. The van der Waals surface area contributed by atoms with Gasteiger partial charge in [0.05, 0.1) is 17.5 Å². The van der Waals surface area contributed by atoms with Crippen molar-refractivity contribution in [2.75, 3.05) is 10.6 Å². The molecule has 0 atom stereocenters. The van der Waals surface area contributed by atoms with Crippen LogP contribution in [0.4, 0.5) is 11.4 Å². The molecule has 28 heavy (non-hydrogen) atoms. The number of aromatic nitrogens is 3. The molecule has 0 spiro atoms. The summed E-state index contributed by atoms with van der Waals surface area (Å²) in [6.45, 7) is 3.92. The van der Waals surface area contributed by atoms with Gasteiger partial charge in [0.2, 0.25) is 5.91 Å². The number of rotatable bonds is 7. The molecule has 2 heterocycles. The van der Waals surface area contributed by atoms with E-state index in [1.165, 1.54) is 0 Å². The van der Waals surface area contributed by atoms with Crippen LogP contribution < -0.4 is 10.6 Å². The highest BCUT2D eigenvalue weighted by atomic mass is 16.2. The molecule has 2 amide bonds. The number of amides is 2. The van der Waals surface area contributed by atoms with Gasteiger partial charge < -0.3 is 10.6 Å². The van der Waals surface area contributed by atoms with E-state index in [1.54, 1.807) is 41.3 Å². The monoisotopic (exact) mass is 377 g/mol. The molecule has 2 N–H and O–H groups in total. The Hall–Kier alpha value is -3.48. The van der Waals surface area contributed by atoms with Gasteiger partial charge in [-0.15, -0.1) is 0 Å². The molecule has 7 nitrogen and oxygen atoms in total. The quantitative estimate of drug-likeness (QED) is 0.655. The minimum Gasteiger partial charge on any atom is -0.326 e. The summed E-state index contributed by atoms with van der Waals surface area (Å²) in [5.41, 5.74) is 2.53. The summed E-state index contributed by atoms with van der Waals surface area (Å²) in [5.74, 6) is 0.367. The zero-order chi connectivity index (χ0) is 19.9. The van der Waals surface area contributed by atoms with Crippen LogP contribution in [0.25, 0.3) is 5.82 Å². The number of hydrogen-bond acceptors (Lipinski definition) is 4. The Kier molecular flexibility index (Phi) is 6.16. The number of benzene rings is 1. The third-order valence-corrected chi connectivity index (χ3v) is 4.20. The van der Waals surface area contributed by atoms with Crippen molar-refractivity contribution in [1.29, 1.82) is 0 Å². The second-order valence-corrected chi connectivity index (χ2v) is 6.29. The first-order valence-corrected chi connectivity index (χ1v) is 9.32. The maximum atomic E-state index is 12.8.